The summed E-state index contributed by atoms with van der Waals surface area (Å²) in [7, 11) is 0. The molecule has 0 aromatic carbocycles. The molecule has 0 amide bonds. The maximum absolute atomic E-state index is 6.08. The number of aliphatic imine (C=N–C) groups is 1. The Hall–Kier alpha value is -0.0800. The van der Waals surface area contributed by atoms with Gasteiger partial charge in [0.2, 0.25) is 0 Å². The quantitative estimate of drug-likeness (QED) is 0.319. The summed E-state index contributed by atoms with van der Waals surface area (Å²) < 4.78 is 5.45. The minimum Gasteiger partial charge on any atom is -0.379 e. The van der Waals surface area contributed by atoms with Crippen molar-refractivity contribution in [1.29, 1.82) is 0 Å². The first-order valence-corrected chi connectivity index (χ1v) is 9.28. The number of hydrogen-bond acceptors (Lipinski definition) is 3. The van der Waals surface area contributed by atoms with Crippen molar-refractivity contribution < 1.29 is 4.74 Å². The number of hydrogen-bond donors (Lipinski definition) is 2. The van der Waals surface area contributed by atoms with E-state index < -0.39 is 0 Å². The van der Waals surface area contributed by atoms with Crippen molar-refractivity contribution in [2.24, 2.45) is 22.6 Å². The van der Waals surface area contributed by atoms with Gasteiger partial charge in [-0.05, 0) is 25.2 Å². The number of ether oxygens (including phenoxy) is 1. The molecule has 0 saturated carbocycles. The van der Waals surface area contributed by atoms with Crippen molar-refractivity contribution in [3.05, 3.63) is 0 Å². The van der Waals surface area contributed by atoms with Gasteiger partial charge in [-0.25, -0.2) is 0 Å². The van der Waals surface area contributed by atoms with Crippen LogP contribution in [0.15, 0.2) is 4.99 Å². The first kappa shape index (κ1) is 23.9. The molecule has 0 radical (unpaired) electrons. The summed E-state index contributed by atoms with van der Waals surface area (Å²) in [5.41, 5.74) is 6.08. The Bertz CT molecular complexity index is 344. The molecule has 1 rings (SSSR count). The maximum Gasteiger partial charge on any atom is 0.188 e. The number of nitrogens with two attached hydrogens (primary N) is 1. The molecule has 1 heterocycles. The van der Waals surface area contributed by atoms with E-state index in [2.05, 4.69) is 49.8 Å². The molecule has 0 aliphatic carbocycles. The lowest BCUT2D eigenvalue weighted by molar-refractivity contribution is 0.00868. The number of rotatable bonds is 9. The van der Waals surface area contributed by atoms with Crippen LogP contribution >= 0.6 is 24.0 Å². The number of guanidine groups is 1. The van der Waals surface area contributed by atoms with Gasteiger partial charge in [0.1, 0.15) is 0 Å². The Morgan fingerprint density at radius 2 is 1.75 bits per heavy atom. The van der Waals surface area contributed by atoms with E-state index in [1.165, 1.54) is 12.8 Å². The molecule has 0 bridgehead atoms. The minimum absolute atomic E-state index is 0. The van der Waals surface area contributed by atoms with E-state index in [4.69, 9.17) is 10.5 Å². The second kappa shape index (κ2) is 13.2. The smallest absolute Gasteiger partial charge is 0.188 e. The predicted molar refractivity (Wildman–Crippen MR) is 114 cm³/mol. The molecule has 3 N–H and O–H groups in total. The van der Waals surface area contributed by atoms with E-state index in [9.17, 15) is 0 Å². The van der Waals surface area contributed by atoms with Gasteiger partial charge in [-0.1, -0.05) is 40.5 Å². The fraction of sp³-hybridized carbons (Fsp3) is 0.944. The highest BCUT2D eigenvalue weighted by Gasteiger charge is 2.23. The van der Waals surface area contributed by atoms with Crippen LogP contribution in [0.3, 0.4) is 0 Å². The van der Waals surface area contributed by atoms with Crippen molar-refractivity contribution >= 4 is 29.9 Å². The Morgan fingerprint density at radius 1 is 1.12 bits per heavy atom. The standard InChI is InChI=1S/C18H38N4O.HI/c1-14(2)7-6-8-16(5)21-18(19)20-13-17(15(3)4)22-9-11-23-12-10-22;/h14-17H,6-13H2,1-5H3,(H3,19,20,21);1H. The second-order valence-corrected chi connectivity index (χ2v) is 7.56. The molecular weight excluding hydrogens is 415 g/mol. The van der Waals surface area contributed by atoms with Gasteiger partial charge in [0.15, 0.2) is 5.96 Å². The lowest BCUT2D eigenvalue weighted by Gasteiger charge is -2.36. The van der Waals surface area contributed by atoms with Crippen molar-refractivity contribution in [2.45, 2.75) is 66.0 Å². The highest BCUT2D eigenvalue weighted by atomic mass is 127. The third-order valence-electron chi connectivity index (χ3n) is 4.55. The fourth-order valence-corrected chi connectivity index (χ4v) is 3.05. The molecule has 0 aromatic heterocycles. The molecule has 0 spiro atoms. The van der Waals surface area contributed by atoms with Gasteiger partial charge in [0, 0.05) is 25.2 Å². The number of halogens is 1. The summed E-state index contributed by atoms with van der Waals surface area (Å²) in [5.74, 6) is 1.92. The molecule has 2 atom stereocenters. The van der Waals surface area contributed by atoms with Gasteiger partial charge in [-0.15, -0.1) is 24.0 Å². The largest absolute Gasteiger partial charge is 0.379 e. The fourth-order valence-electron chi connectivity index (χ4n) is 3.05. The lowest BCUT2D eigenvalue weighted by Crippen LogP contribution is -2.48. The molecular formula is C18H39IN4O. The van der Waals surface area contributed by atoms with E-state index >= 15 is 0 Å². The summed E-state index contributed by atoms with van der Waals surface area (Å²) in [6.45, 7) is 15.6. The lowest BCUT2D eigenvalue weighted by atomic mass is 10.0. The Kier molecular flexibility index (Phi) is 13.1. The Labute approximate surface area is 166 Å². The van der Waals surface area contributed by atoms with E-state index in [0.717, 1.165) is 45.2 Å². The maximum atomic E-state index is 6.08. The highest BCUT2D eigenvalue weighted by Crippen LogP contribution is 2.13. The van der Waals surface area contributed by atoms with Crippen LogP contribution in [0.5, 0.6) is 0 Å². The zero-order valence-electron chi connectivity index (χ0n) is 16.3. The SMILES string of the molecule is CC(C)CCCC(C)NC(N)=NCC(C(C)C)N1CCOCC1.I. The zero-order chi connectivity index (χ0) is 17.2. The molecule has 2 unspecified atom stereocenters. The number of nitrogens with zero attached hydrogens (tertiary/aromatic N) is 2. The van der Waals surface area contributed by atoms with E-state index in [1.807, 2.05) is 0 Å². The monoisotopic (exact) mass is 454 g/mol. The van der Waals surface area contributed by atoms with Crippen LogP contribution in [0, 0.1) is 11.8 Å². The Morgan fingerprint density at radius 3 is 2.29 bits per heavy atom. The van der Waals surface area contributed by atoms with Gasteiger partial charge in [0.25, 0.3) is 0 Å². The average Bonchev–Trinajstić information content (AvgIpc) is 2.47. The molecule has 6 heteroatoms. The first-order chi connectivity index (χ1) is 10.9. The molecule has 0 aromatic rings. The molecule has 24 heavy (non-hydrogen) atoms. The van der Waals surface area contributed by atoms with Gasteiger partial charge in [0.05, 0.1) is 19.8 Å². The number of nitrogens with one attached hydrogen (secondary N) is 1. The van der Waals surface area contributed by atoms with Crippen LogP contribution in [0.25, 0.3) is 0 Å². The normalized spacial score (nSPS) is 19.2. The van der Waals surface area contributed by atoms with Crippen molar-refractivity contribution in [3.63, 3.8) is 0 Å². The summed E-state index contributed by atoms with van der Waals surface area (Å²) in [4.78, 5) is 7.09. The Balaban J connectivity index is 0.00000529. The van der Waals surface area contributed by atoms with Crippen LogP contribution in [0.2, 0.25) is 0 Å². The van der Waals surface area contributed by atoms with Crippen molar-refractivity contribution in [2.75, 3.05) is 32.8 Å². The van der Waals surface area contributed by atoms with Gasteiger partial charge >= 0.3 is 0 Å². The third-order valence-corrected chi connectivity index (χ3v) is 4.55. The summed E-state index contributed by atoms with van der Waals surface area (Å²) in [5, 5.41) is 3.34. The van der Waals surface area contributed by atoms with Gasteiger partial charge < -0.3 is 15.8 Å². The average molecular weight is 454 g/mol. The van der Waals surface area contributed by atoms with Crippen LogP contribution in [0.4, 0.5) is 0 Å². The molecule has 1 fully saturated rings. The predicted octanol–water partition coefficient (Wildman–Crippen LogP) is 3.08. The second-order valence-electron chi connectivity index (χ2n) is 7.56. The van der Waals surface area contributed by atoms with Crippen LogP contribution in [-0.2, 0) is 4.74 Å². The first-order valence-electron chi connectivity index (χ1n) is 9.28. The van der Waals surface area contributed by atoms with E-state index in [0.29, 0.717) is 24.0 Å². The third kappa shape index (κ3) is 10.0. The summed E-state index contributed by atoms with van der Waals surface area (Å²) >= 11 is 0. The molecule has 1 aliphatic heterocycles. The van der Waals surface area contributed by atoms with Crippen molar-refractivity contribution in [1.82, 2.24) is 10.2 Å². The molecule has 1 saturated heterocycles. The van der Waals surface area contributed by atoms with Crippen LogP contribution in [0.1, 0.15) is 53.9 Å². The molecule has 5 nitrogen and oxygen atoms in total. The van der Waals surface area contributed by atoms with Gasteiger partial charge in [-0.2, -0.15) is 0 Å². The zero-order valence-corrected chi connectivity index (χ0v) is 18.6. The van der Waals surface area contributed by atoms with Gasteiger partial charge in [-0.3, -0.25) is 9.89 Å². The number of morpholine rings is 1. The highest BCUT2D eigenvalue weighted by molar-refractivity contribution is 14.0. The van der Waals surface area contributed by atoms with E-state index in [1.54, 1.807) is 0 Å². The topological polar surface area (TPSA) is 62.9 Å². The minimum atomic E-state index is 0. The summed E-state index contributed by atoms with van der Waals surface area (Å²) in [6.07, 6.45) is 3.66. The van der Waals surface area contributed by atoms with Crippen molar-refractivity contribution in [3.8, 4) is 0 Å². The summed E-state index contributed by atoms with van der Waals surface area (Å²) in [6, 6.07) is 0.828. The molecule has 1 aliphatic rings. The molecule has 144 valence electrons. The van der Waals surface area contributed by atoms with Crippen LogP contribution < -0.4 is 11.1 Å². The van der Waals surface area contributed by atoms with E-state index in [-0.39, 0.29) is 24.0 Å². The van der Waals surface area contributed by atoms with Crippen LogP contribution in [-0.4, -0.2) is 55.8 Å².